The van der Waals surface area contributed by atoms with E-state index >= 15 is 0 Å². The maximum absolute atomic E-state index is 11.1. The molecule has 0 spiro atoms. The van der Waals surface area contributed by atoms with Gasteiger partial charge < -0.3 is 10.0 Å². The smallest absolute Gasteiger partial charge is 0.337 e. The Kier molecular flexibility index (Phi) is 4.02. The summed E-state index contributed by atoms with van der Waals surface area (Å²) in [6, 6.07) is 1.71. The molecule has 1 unspecified atom stereocenters. The molecular formula is C18H20N6O2. The molecule has 0 bridgehead atoms. The van der Waals surface area contributed by atoms with Gasteiger partial charge >= 0.3 is 5.97 Å². The third kappa shape index (κ3) is 2.98. The Morgan fingerprint density at radius 2 is 2.15 bits per heavy atom. The van der Waals surface area contributed by atoms with E-state index < -0.39 is 5.97 Å². The van der Waals surface area contributed by atoms with Crippen molar-refractivity contribution >= 4 is 22.8 Å². The van der Waals surface area contributed by atoms with Crippen LogP contribution in [0.1, 0.15) is 28.2 Å². The topological polar surface area (TPSA) is 97.0 Å². The number of carboxylic acids is 1. The number of hydrogen-bond donors (Lipinski definition) is 1. The van der Waals surface area contributed by atoms with Crippen LogP contribution in [0.3, 0.4) is 0 Å². The van der Waals surface area contributed by atoms with E-state index in [2.05, 4.69) is 25.0 Å². The Hall–Kier alpha value is -3.03. The van der Waals surface area contributed by atoms with Gasteiger partial charge in [0.2, 0.25) is 0 Å². The van der Waals surface area contributed by atoms with Crippen molar-refractivity contribution in [1.82, 2.24) is 24.7 Å². The van der Waals surface area contributed by atoms with Crippen molar-refractivity contribution in [3.8, 4) is 0 Å². The first-order chi connectivity index (χ1) is 12.5. The Morgan fingerprint density at radius 3 is 2.96 bits per heavy atom. The lowest BCUT2D eigenvalue weighted by atomic mass is 9.99. The number of aryl methyl sites for hydroxylation is 2. The van der Waals surface area contributed by atoms with Gasteiger partial charge in [0, 0.05) is 32.5 Å². The van der Waals surface area contributed by atoms with E-state index in [1.165, 1.54) is 6.20 Å². The monoisotopic (exact) mass is 352 g/mol. The lowest BCUT2D eigenvalue weighted by Gasteiger charge is -2.18. The standard InChI is InChI=1S/C18H20N6O2/c1-11-21-16-15(9-20-23(16)2)17(22-11)24-4-3-12(10-24)5-13-6-14(18(25)26)8-19-7-13/h6-9,12H,3-5,10H2,1-2H3,(H,25,26). The fraction of sp³-hybridized carbons (Fsp3) is 0.389. The summed E-state index contributed by atoms with van der Waals surface area (Å²) in [4.78, 5) is 26.6. The molecule has 1 fully saturated rings. The van der Waals surface area contributed by atoms with Crippen molar-refractivity contribution in [2.75, 3.05) is 18.0 Å². The van der Waals surface area contributed by atoms with Crippen LogP contribution < -0.4 is 4.90 Å². The number of fused-ring (bicyclic) bond motifs is 1. The summed E-state index contributed by atoms with van der Waals surface area (Å²) in [6.07, 6.45) is 6.80. The number of carbonyl (C=O) groups is 1. The van der Waals surface area contributed by atoms with Gasteiger partial charge in [-0.05, 0) is 37.3 Å². The van der Waals surface area contributed by atoms with Crippen LogP contribution in [0, 0.1) is 12.8 Å². The SMILES string of the molecule is Cc1nc(N2CCC(Cc3cncc(C(=O)O)c3)C2)c2cnn(C)c2n1. The van der Waals surface area contributed by atoms with Gasteiger partial charge in [0.15, 0.2) is 5.65 Å². The second-order valence-corrected chi connectivity index (χ2v) is 6.79. The molecule has 0 aromatic carbocycles. The zero-order chi connectivity index (χ0) is 18.3. The zero-order valence-electron chi connectivity index (χ0n) is 14.8. The summed E-state index contributed by atoms with van der Waals surface area (Å²) in [6.45, 7) is 3.68. The average Bonchev–Trinajstić information content (AvgIpc) is 3.22. The fourth-order valence-electron chi connectivity index (χ4n) is 3.60. The molecule has 8 heteroatoms. The number of aromatic carboxylic acids is 1. The van der Waals surface area contributed by atoms with Crippen LogP contribution in [0.25, 0.3) is 11.0 Å². The van der Waals surface area contributed by atoms with Crippen LogP contribution >= 0.6 is 0 Å². The molecule has 4 heterocycles. The minimum atomic E-state index is -0.942. The van der Waals surface area contributed by atoms with E-state index in [1.54, 1.807) is 16.9 Å². The summed E-state index contributed by atoms with van der Waals surface area (Å²) in [5.41, 5.74) is 2.04. The van der Waals surface area contributed by atoms with Gasteiger partial charge in [-0.3, -0.25) is 9.67 Å². The van der Waals surface area contributed by atoms with Crippen LogP contribution in [0.15, 0.2) is 24.7 Å². The van der Waals surface area contributed by atoms with E-state index in [-0.39, 0.29) is 5.56 Å². The molecular weight excluding hydrogens is 332 g/mol. The second-order valence-electron chi connectivity index (χ2n) is 6.79. The van der Waals surface area contributed by atoms with Crippen LogP contribution in [-0.2, 0) is 13.5 Å². The summed E-state index contributed by atoms with van der Waals surface area (Å²) in [5, 5.41) is 14.4. The van der Waals surface area contributed by atoms with E-state index in [4.69, 9.17) is 5.11 Å². The van der Waals surface area contributed by atoms with E-state index in [1.807, 2.05) is 20.2 Å². The van der Waals surface area contributed by atoms with Gasteiger partial charge in [-0.2, -0.15) is 5.10 Å². The molecule has 3 aromatic rings. The molecule has 26 heavy (non-hydrogen) atoms. The third-order valence-electron chi connectivity index (χ3n) is 4.84. The van der Waals surface area contributed by atoms with Crippen molar-refractivity contribution in [2.24, 2.45) is 13.0 Å². The van der Waals surface area contributed by atoms with E-state index in [0.29, 0.717) is 5.92 Å². The van der Waals surface area contributed by atoms with Gasteiger partial charge in [0.05, 0.1) is 17.1 Å². The zero-order valence-corrected chi connectivity index (χ0v) is 14.8. The maximum atomic E-state index is 11.1. The van der Waals surface area contributed by atoms with E-state index in [0.717, 1.165) is 54.2 Å². The Morgan fingerprint density at radius 1 is 1.31 bits per heavy atom. The highest BCUT2D eigenvalue weighted by Gasteiger charge is 2.26. The summed E-state index contributed by atoms with van der Waals surface area (Å²) >= 11 is 0. The normalized spacial score (nSPS) is 17.2. The number of aromatic nitrogens is 5. The molecule has 1 atom stereocenters. The van der Waals surface area contributed by atoms with E-state index in [9.17, 15) is 4.79 Å². The summed E-state index contributed by atoms with van der Waals surface area (Å²) in [7, 11) is 1.88. The molecule has 1 saturated heterocycles. The molecule has 1 aliphatic rings. The number of pyridine rings is 1. The van der Waals surface area contributed by atoms with Gasteiger partial charge in [-0.25, -0.2) is 14.8 Å². The highest BCUT2D eigenvalue weighted by atomic mass is 16.4. The second kappa shape index (κ2) is 6.36. The Balaban J connectivity index is 1.54. The first kappa shape index (κ1) is 16.4. The summed E-state index contributed by atoms with van der Waals surface area (Å²) in [5.74, 6) is 1.16. The molecule has 0 radical (unpaired) electrons. The summed E-state index contributed by atoms with van der Waals surface area (Å²) < 4.78 is 1.77. The maximum Gasteiger partial charge on any atom is 0.337 e. The van der Waals surface area contributed by atoms with Crippen molar-refractivity contribution in [1.29, 1.82) is 0 Å². The predicted octanol–water partition coefficient (Wildman–Crippen LogP) is 1.83. The molecule has 0 aliphatic carbocycles. The van der Waals surface area contributed by atoms with Gasteiger partial charge in [0.25, 0.3) is 0 Å². The van der Waals surface area contributed by atoms with Crippen LogP contribution in [0.2, 0.25) is 0 Å². The molecule has 1 aliphatic heterocycles. The first-order valence-corrected chi connectivity index (χ1v) is 8.60. The Bertz CT molecular complexity index is 983. The van der Waals surface area contributed by atoms with Crippen LogP contribution in [0.5, 0.6) is 0 Å². The molecule has 1 N–H and O–H groups in total. The lowest BCUT2D eigenvalue weighted by Crippen LogP contribution is -2.22. The largest absolute Gasteiger partial charge is 0.478 e. The number of nitrogens with zero attached hydrogens (tertiary/aromatic N) is 6. The first-order valence-electron chi connectivity index (χ1n) is 8.60. The average molecular weight is 352 g/mol. The van der Waals surface area contributed by atoms with Crippen molar-refractivity contribution in [2.45, 2.75) is 19.8 Å². The number of hydrogen-bond acceptors (Lipinski definition) is 6. The minimum Gasteiger partial charge on any atom is -0.478 e. The molecule has 0 amide bonds. The Labute approximate surface area is 150 Å². The minimum absolute atomic E-state index is 0.237. The van der Waals surface area contributed by atoms with Crippen molar-refractivity contribution in [3.05, 3.63) is 41.6 Å². The fourth-order valence-corrected chi connectivity index (χ4v) is 3.60. The van der Waals surface area contributed by atoms with Gasteiger partial charge in [-0.1, -0.05) is 0 Å². The van der Waals surface area contributed by atoms with Crippen LogP contribution in [0.4, 0.5) is 5.82 Å². The molecule has 3 aromatic heterocycles. The number of rotatable bonds is 4. The quantitative estimate of drug-likeness (QED) is 0.765. The van der Waals surface area contributed by atoms with Gasteiger partial charge in [0.1, 0.15) is 11.6 Å². The lowest BCUT2D eigenvalue weighted by molar-refractivity contribution is 0.0696. The van der Waals surface area contributed by atoms with Crippen LogP contribution in [-0.4, -0.2) is 48.9 Å². The van der Waals surface area contributed by atoms with Gasteiger partial charge in [-0.15, -0.1) is 0 Å². The highest BCUT2D eigenvalue weighted by Crippen LogP contribution is 2.29. The number of carboxylic acid groups (broad SMARTS) is 1. The third-order valence-corrected chi connectivity index (χ3v) is 4.84. The molecule has 8 nitrogen and oxygen atoms in total. The predicted molar refractivity (Wildman–Crippen MR) is 96.3 cm³/mol. The molecule has 0 saturated carbocycles. The van der Waals surface area contributed by atoms with Crippen molar-refractivity contribution in [3.63, 3.8) is 0 Å². The molecule has 4 rings (SSSR count). The van der Waals surface area contributed by atoms with Crippen molar-refractivity contribution < 1.29 is 9.90 Å². The molecule has 134 valence electrons. The highest BCUT2D eigenvalue weighted by molar-refractivity contribution is 5.87. The number of anilines is 1.